The maximum Gasteiger partial charge on any atom is 0.311 e. The van der Waals surface area contributed by atoms with Gasteiger partial charge in [0.05, 0.1) is 16.1 Å². The third kappa shape index (κ3) is 3.66. The molecule has 3 nitrogen and oxygen atoms in total. The van der Waals surface area contributed by atoms with Crippen LogP contribution in [0.2, 0.25) is 0 Å². The molecular weight excluding hydrogens is 344 g/mol. The normalized spacial score (nSPS) is 22.6. The highest BCUT2D eigenvalue weighted by molar-refractivity contribution is 8.00. The summed E-state index contributed by atoms with van der Waals surface area (Å²) in [5, 5.41) is 2.30. The van der Waals surface area contributed by atoms with E-state index in [0.29, 0.717) is 6.42 Å². The van der Waals surface area contributed by atoms with Crippen LogP contribution in [0.4, 0.5) is 0 Å². The Kier molecular flexibility index (Phi) is 4.91. The fourth-order valence-electron chi connectivity index (χ4n) is 3.21. The van der Waals surface area contributed by atoms with Crippen molar-refractivity contribution in [3.63, 3.8) is 0 Å². The van der Waals surface area contributed by atoms with Crippen LogP contribution in [0, 0.1) is 10.8 Å². The van der Waals surface area contributed by atoms with Crippen molar-refractivity contribution in [1.29, 1.82) is 0 Å². The van der Waals surface area contributed by atoms with Gasteiger partial charge in [-0.05, 0) is 57.5 Å². The number of thioether (sulfide) groups is 1. The highest BCUT2D eigenvalue weighted by atomic mass is 32.2. The van der Waals surface area contributed by atoms with Crippen LogP contribution in [-0.2, 0) is 14.3 Å². The average molecular weight is 371 g/mol. The lowest BCUT2D eigenvalue weighted by Crippen LogP contribution is -2.40. The average Bonchev–Trinajstić information content (AvgIpc) is 2.77. The predicted octanol–water partition coefficient (Wildman–Crippen LogP) is 5.26. The molecule has 1 saturated carbocycles. The molecule has 138 valence electrons. The molecule has 2 aromatic rings. The molecule has 0 aromatic heterocycles. The number of benzene rings is 2. The molecular formula is C22H26O3S. The van der Waals surface area contributed by atoms with Crippen LogP contribution in [-0.4, -0.2) is 23.1 Å². The number of esters is 1. The highest BCUT2D eigenvalue weighted by Crippen LogP contribution is 2.45. The van der Waals surface area contributed by atoms with Gasteiger partial charge in [-0.25, -0.2) is 0 Å². The molecule has 2 aromatic carbocycles. The number of carbonyl (C=O) groups is 2. The molecule has 0 bridgehead atoms. The van der Waals surface area contributed by atoms with E-state index >= 15 is 0 Å². The first-order valence-corrected chi connectivity index (χ1v) is 9.87. The van der Waals surface area contributed by atoms with Crippen molar-refractivity contribution >= 4 is 34.3 Å². The van der Waals surface area contributed by atoms with Gasteiger partial charge in [0.2, 0.25) is 0 Å². The summed E-state index contributed by atoms with van der Waals surface area (Å²) in [7, 11) is 0. The van der Waals surface area contributed by atoms with E-state index in [1.54, 1.807) is 11.8 Å². The Morgan fingerprint density at radius 3 is 2.42 bits per heavy atom. The molecule has 0 aliphatic heterocycles. The molecule has 0 spiro atoms. The van der Waals surface area contributed by atoms with Gasteiger partial charge in [-0.15, -0.1) is 11.8 Å². The molecule has 2 atom stereocenters. The number of ether oxygens (including phenoxy) is 1. The summed E-state index contributed by atoms with van der Waals surface area (Å²) in [5.74, 6) is -0.100. The number of rotatable bonds is 3. The van der Waals surface area contributed by atoms with Crippen LogP contribution >= 0.6 is 11.8 Å². The number of carbonyl (C=O) groups excluding carboxylic acids is 2. The smallest absolute Gasteiger partial charge is 0.311 e. The summed E-state index contributed by atoms with van der Waals surface area (Å²) in [6.07, 6.45) is 0.00486. The monoisotopic (exact) mass is 370 g/mol. The van der Waals surface area contributed by atoms with Crippen LogP contribution in [0.25, 0.3) is 10.8 Å². The molecule has 26 heavy (non-hydrogen) atoms. The number of ketones is 1. The van der Waals surface area contributed by atoms with Crippen molar-refractivity contribution in [3.8, 4) is 0 Å². The van der Waals surface area contributed by atoms with Gasteiger partial charge in [0.15, 0.2) is 0 Å². The molecule has 4 heteroatoms. The summed E-state index contributed by atoms with van der Waals surface area (Å²) in [6, 6.07) is 14.5. The largest absolute Gasteiger partial charge is 0.460 e. The summed E-state index contributed by atoms with van der Waals surface area (Å²) >= 11 is 1.63. The van der Waals surface area contributed by atoms with Crippen LogP contribution in [0.1, 0.15) is 41.0 Å². The van der Waals surface area contributed by atoms with Gasteiger partial charge in [0.1, 0.15) is 11.9 Å². The second-order valence-corrected chi connectivity index (χ2v) is 9.90. The Labute approximate surface area is 159 Å². The Balaban J connectivity index is 1.86. The summed E-state index contributed by atoms with van der Waals surface area (Å²) in [4.78, 5) is 26.1. The standard InChI is InChI=1S/C22H26O3S/c1-21(2,3)20(24)25-19-17(13-18(23)22(19,4)5)26-16-11-10-14-8-6-7-9-15(14)12-16/h6-12,17,19H,13H2,1-5H3/t17-,19+/m1/s1. The van der Waals surface area contributed by atoms with Crippen LogP contribution in [0.15, 0.2) is 47.4 Å². The Hall–Kier alpha value is -1.81. The molecule has 0 saturated heterocycles. The molecule has 0 heterocycles. The Bertz CT molecular complexity index is 848. The third-order valence-corrected chi connectivity index (χ3v) is 6.25. The Morgan fingerprint density at radius 1 is 1.12 bits per heavy atom. The second-order valence-electron chi connectivity index (χ2n) is 8.59. The predicted molar refractivity (Wildman–Crippen MR) is 106 cm³/mol. The first-order valence-electron chi connectivity index (χ1n) is 8.99. The van der Waals surface area contributed by atoms with E-state index in [1.165, 1.54) is 10.8 Å². The lowest BCUT2D eigenvalue weighted by Gasteiger charge is -2.31. The van der Waals surface area contributed by atoms with Crippen LogP contribution in [0.3, 0.4) is 0 Å². The van der Waals surface area contributed by atoms with Gasteiger partial charge in [-0.3, -0.25) is 9.59 Å². The maximum atomic E-state index is 12.5. The van der Waals surface area contributed by atoms with Crippen molar-refractivity contribution in [2.75, 3.05) is 0 Å². The first kappa shape index (κ1) is 19.0. The van der Waals surface area contributed by atoms with E-state index in [1.807, 2.05) is 46.8 Å². The van der Waals surface area contributed by atoms with Crippen molar-refractivity contribution in [3.05, 3.63) is 42.5 Å². The van der Waals surface area contributed by atoms with Crippen molar-refractivity contribution < 1.29 is 14.3 Å². The molecule has 0 radical (unpaired) electrons. The SMILES string of the molecule is CC(C)(C)C(=O)O[C@H]1[C@H](Sc2ccc3ccccc3c2)CC(=O)C1(C)C. The van der Waals surface area contributed by atoms with Gasteiger partial charge in [-0.1, -0.05) is 30.3 Å². The zero-order chi connectivity index (χ0) is 19.1. The molecule has 0 unspecified atom stereocenters. The summed E-state index contributed by atoms with van der Waals surface area (Å²) in [6.45, 7) is 9.29. The quantitative estimate of drug-likeness (QED) is 0.692. The minimum absolute atomic E-state index is 0.0648. The fraction of sp³-hybridized carbons (Fsp3) is 0.455. The third-order valence-electron chi connectivity index (χ3n) is 5.01. The fourth-order valence-corrected chi connectivity index (χ4v) is 4.66. The van der Waals surface area contributed by atoms with Crippen LogP contribution < -0.4 is 0 Å². The Morgan fingerprint density at radius 2 is 1.77 bits per heavy atom. The van der Waals surface area contributed by atoms with Gasteiger partial charge in [0.25, 0.3) is 0 Å². The number of hydrogen-bond acceptors (Lipinski definition) is 4. The number of fused-ring (bicyclic) bond motifs is 1. The zero-order valence-corrected chi connectivity index (χ0v) is 16.9. The minimum atomic E-state index is -0.657. The second kappa shape index (κ2) is 6.73. The summed E-state index contributed by atoms with van der Waals surface area (Å²) < 4.78 is 5.85. The van der Waals surface area contributed by atoms with E-state index in [0.717, 1.165) is 4.90 Å². The van der Waals surface area contributed by atoms with Gasteiger partial charge in [0, 0.05) is 11.3 Å². The summed E-state index contributed by atoms with van der Waals surface area (Å²) in [5.41, 5.74) is -1.24. The lowest BCUT2D eigenvalue weighted by atomic mass is 9.87. The van der Waals surface area contributed by atoms with E-state index in [-0.39, 0.29) is 17.0 Å². The zero-order valence-electron chi connectivity index (χ0n) is 16.0. The van der Waals surface area contributed by atoms with E-state index in [9.17, 15) is 9.59 Å². The lowest BCUT2D eigenvalue weighted by molar-refractivity contribution is -0.163. The van der Waals surface area contributed by atoms with Crippen LogP contribution in [0.5, 0.6) is 0 Å². The van der Waals surface area contributed by atoms with Gasteiger partial charge >= 0.3 is 5.97 Å². The first-order chi connectivity index (χ1) is 12.1. The van der Waals surface area contributed by atoms with E-state index in [2.05, 4.69) is 30.3 Å². The highest BCUT2D eigenvalue weighted by Gasteiger charge is 2.52. The molecule has 1 aliphatic rings. The molecule has 1 aliphatic carbocycles. The topological polar surface area (TPSA) is 43.4 Å². The van der Waals surface area contributed by atoms with Gasteiger partial charge in [-0.2, -0.15) is 0 Å². The minimum Gasteiger partial charge on any atom is -0.460 e. The van der Waals surface area contributed by atoms with Gasteiger partial charge < -0.3 is 4.74 Å². The van der Waals surface area contributed by atoms with Crippen molar-refractivity contribution in [2.45, 2.75) is 57.3 Å². The van der Waals surface area contributed by atoms with Crippen molar-refractivity contribution in [1.82, 2.24) is 0 Å². The van der Waals surface area contributed by atoms with E-state index < -0.39 is 16.9 Å². The van der Waals surface area contributed by atoms with E-state index in [4.69, 9.17) is 4.74 Å². The molecule has 0 amide bonds. The molecule has 1 fully saturated rings. The number of Topliss-reactive ketones (excluding diaryl/α,β-unsaturated/α-hetero) is 1. The number of hydrogen-bond donors (Lipinski definition) is 0. The molecule has 0 N–H and O–H groups in total. The maximum absolute atomic E-state index is 12.5. The molecule has 3 rings (SSSR count). The van der Waals surface area contributed by atoms with Crippen molar-refractivity contribution in [2.24, 2.45) is 10.8 Å².